The van der Waals surface area contributed by atoms with Crippen molar-refractivity contribution in [2.75, 3.05) is 31.9 Å². The van der Waals surface area contributed by atoms with E-state index in [9.17, 15) is 0 Å². The van der Waals surface area contributed by atoms with E-state index in [4.69, 9.17) is 15.2 Å². The SMILES string of the molecule is COCCc1ccccc1Nc1ncnc(N)c1OC. The van der Waals surface area contributed by atoms with E-state index >= 15 is 0 Å². The molecule has 0 atom stereocenters. The van der Waals surface area contributed by atoms with Crippen LogP contribution in [0, 0.1) is 0 Å². The first-order valence-electron chi connectivity index (χ1n) is 6.24. The van der Waals surface area contributed by atoms with E-state index in [-0.39, 0.29) is 0 Å². The molecule has 0 aliphatic carbocycles. The van der Waals surface area contributed by atoms with E-state index in [1.807, 2.05) is 24.3 Å². The molecule has 20 heavy (non-hydrogen) atoms. The van der Waals surface area contributed by atoms with E-state index < -0.39 is 0 Å². The number of ether oxygens (including phenoxy) is 2. The summed E-state index contributed by atoms with van der Waals surface area (Å²) in [7, 11) is 3.22. The summed E-state index contributed by atoms with van der Waals surface area (Å²) in [4.78, 5) is 8.07. The molecule has 2 rings (SSSR count). The van der Waals surface area contributed by atoms with Crippen LogP contribution in [0.1, 0.15) is 5.56 Å². The number of nitrogens with one attached hydrogen (secondary N) is 1. The van der Waals surface area contributed by atoms with Crippen molar-refractivity contribution in [1.82, 2.24) is 9.97 Å². The van der Waals surface area contributed by atoms with Crippen molar-refractivity contribution in [3.05, 3.63) is 36.2 Å². The maximum absolute atomic E-state index is 5.77. The Balaban J connectivity index is 2.28. The van der Waals surface area contributed by atoms with Gasteiger partial charge in [-0.3, -0.25) is 0 Å². The zero-order valence-corrected chi connectivity index (χ0v) is 11.6. The molecule has 6 nitrogen and oxygen atoms in total. The summed E-state index contributed by atoms with van der Waals surface area (Å²) in [5.41, 5.74) is 7.85. The summed E-state index contributed by atoms with van der Waals surface area (Å²) in [6.07, 6.45) is 2.21. The highest BCUT2D eigenvalue weighted by Gasteiger charge is 2.11. The minimum absolute atomic E-state index is 0.305. The lowest BCUT2D eigenvalue weighted by Gasteiger charge is -2.14. The van der Waals surface area contributed by atoms with Crippen LogP contribution in [0.15, 0.2) is 30.6 Å². The number of benzene rings is 1. The van der Waals surface area contributed by atoms with Crippen LogP contribution in [0.5, 0.6) is 5.75 Å². The highest BCUT2D eigenvalue weighted by atomic mass is 16.5. The average molecular weight is 274 g/mol. The second kappa shape index (κ2) is 6.72. The molecular formula is C14H18N4O2. The highest BCUT2D eigenvalue weighted by Crippen LogP contribution is 2.30. The van der Waals surface area contributed by atoms with Crippen LogP contribution in [0.4, 0.5) is 17.3 Å². The Kier molecular flexibility index (Phi) is 4.73. The summed E-state index contributed by atoms with van der Waals surface area (Å²) >= 11 is 0. The molecule has 0 spiro atoms. The van der Waals surface area contributed by atoms with Gasteiger partial charge in [-0.25, -0.2) is 9.97 Å². The number of rotatable bonds is 6. The summed E-state index contributed by atoms with van der Waals surface area (Å²) in [5.74, 6) is 1.29. The Morgan fingerprint density at radius 1 is 1.20 bits per heavy atom. The fraction of sp³-hybridized carbons (Fsp3) is 0.286. The molecule has 0 fully saturated rings. The number of nitrogen functional groups attached to an aromatic ring is 1. The molecule has 0 bridgehead atoms. The number of nitrogens with zero attached hydrogens (tertiary/aromatic N) is 2. The third kappa shape index (κ3) is 3.16. The van der Waals surface area contributed by atoms with Crippen LogP contribution in [0.2, 0.25) is 0 Å². The van der Waals surface area contributed by atoms with Crippen LogP contribution < -0.4 is 15.8 Å². The van der Waals surface area contributed by atoms with Crippen LogP contribution in [-0.2, 0) is 11.2 Å². The van der Waals surface area contributed by atoms with E-state index in [2.05, 4.69) is 15.3 Å². The summed E-state index contributed by atoms with van der Waals surface area (Å²) in [6.45, 7) is 0.655. The molecule has 0 saturated heterocycles. The van der Waals surface area contributed by atoms with Crippen molar-refractivity contribution in [1.29, 1.82) is 0 Å². The van der Waals surface area contributed by atoms with E-state index in [1.54, 1.807) is 7.11 Å². The maximum Gasteiger partial charge on any atom is 0.204 e. The van der Waals surface area contributed by atoms with Gasteiger partial charge in [0, 0.05) is 12.8 Å². The number of para-hydroxylation sites is 1. The molecule has 0 aliphatic heterocycles. The zero-order chi connectivity index (χ0) is 14.4. The summed E-state index contributed by atoms with van der Waals surface area (Å²) < 4.78 is 10.3. The summed E-state index contributed by atoms with van der Waals surface area (Å²) in [6, 6.07) is 7.96. The predicted molar refractivity (Wildman–Crippen MR) is 78.3 cm³/mol. The van der Waals surface area contributed by atoms with Gasteiger partial charge >= 0.3 is 0 Å². The van der Waals surface area contributed by atoms with Crippen molar-refractivity contribution in [3.63, 3.8) is 0 Å². The van der Waals surface area contributed by atoms with E-state index in [1.165, 1.54) is 13.4 Å². The number of anilines is 3. The lowest BCUT2D eigenvalue weighted by atomic mass is 10.1. The fourth-order valence-electron chi connectivity index (χ4n) is 1.88. The number of hydrogen-bond donors (Lipinski definition) is 2. The van der Waals surface area contributed by atoms with Crippen molar-refractivity contribution >= 4 is 17.3 Å². The lowest BCUT2D eigenvalue weighted by Crippen LogP contribution is -2.05. The molecule has 3 N–H and O–H groups in total. The van der Waals surface area contributed by atoms with Crippen molar-refractivity contribution < 1.29 is 9.47 Å². The molecule has 0 aliphatic rings. The highest BCUT2D eigenvalue weighted by molar-refractivity contribution is 5.69. The van der Waals surface area contributed by atoms with Crippen molar-refractivity contribution in [3.8, 4) is 5.75 Å². The molecule has 0 radical (unpaired) electrons. The number of hydrogen-bond acceptors (Lipinski definition) is 6. The van der Waals surface area contributed by atoms with Crippen LogP contribution >= 0.6 is 0 Å². The molecule has 0 unspecified atom stereocenters. The standard InChI is InChI=1S/C14H18N4O2/c1-19-8-7-10-5-3-4-6-11(10)18-14-12(20-2)13(15)16-9-17-14/h3-6,9H,7-8H2,1-2H3,(H3,15,16,17,18). The molecule has 1 heterocycles. The Labute approximate surface area is 118 Å². The van der Waals surface area contributed by atoms with Gasteiger partial charge in [-0.15, -0.1) is 0 Å². The van der Waals surface area contributed by atoms with Gasteiger partial charge in [0.1, 0.15) is 6.33 Å². The second-order valence-electron chi connectivity index (χ2n) is 4.17. The predicted octanol–water partition coefficient (Wildman–Crippen LogP) is 2.00. The molecule has 1 aromatic heterocycles. The van der Waals surface area contributed by atoms with Crippen molar-refractivity contribution in [2.45, 2.75) is 6.42 Å². The Morgan fingerprint density at radius 2 is 2.00 bits per heavy atom. The van der Waals surface area contributed by atoms with Crippen molar-refractivity contribution in [2.24, 2.45) is 0 Å². The van der Waals surface area contributed by atoms with Crippen LogP contribution in [0.25, 0.3) is 0 Å². The first-order valence-corrected chi connectivity index (χ1v) is 6.24. The minimum atomic E-state index is 0.305. The fourth-order valence-corrected chi connectivity index (χ4v) is 1.88. The van der Waals surface area contributed by atoms with Gasteiger partial charge in [-0.1, -0.05) is 18.2 Å². The van der Waals surface area contributed by atoms with Gasteiger partial charge in [-0.2, -0.15) is 0 Å². The van der Waals surface area contributed by atoms with Crippen LogP contribution in [-0.4, -0.2) is 30.8 Å². The minimum Gasteiger partial charge on any atom is -0.490 e. The molecule has 0 saturated carbocycles. The van der Waals surface area contributed by atoms with Gasteiger partial charge in [0.15, 0.2) is 11.6 Å². The monoisotopic (exact) mass is 274 g/mol. The third-order valence-electron chi connectivity index (χ3n) is 2.88. The Hall–Kier alpha value is -2.34. The summed E-state index contributed by atoms with van der Waals surface area (Å²) in [5, 5.41) is 3.23. The zero-order valence-electron chi connectivity index (χ0n) is 11.6. The molecule has 0 amide bonds. The van der Waals surface area contributed by atoms with Gasteiger partial charge in [0.2, 0.25) is 5.75 Å². The second-order valence-corrected chi connectivity index (χ2v) is 4.17. The van der Waals surface area contributed by atoms with E-state index in [0.717, 1.165) is 17.7 Å². The number of nitrogens with two attached hydrogens (primary N) is 1. The lowest BCUT2D eigenvalue weighted by molar-refractivity contribution is 0.202. The topological polar surface area (TPSA) is 82.3 Å². The Bertz CT molecular complexity index is 575. The Morgan fingerprint density at radius 3 is 2.75 bits per heavy atom. The molecule has 6 heteroatoms. The molecular weight excluding hydrogens is 256 g/mol. The first kappa shape index (κ1) is 14.1. The number of aromatic nitrogens is 2. The van der Waals surface area contributed by atoms with Gasteiger partial charge in [-0.05, 0) is 18.1 Å². The third-order valence-corrected chi connectivity index (χ3v) is 2.88. The quantitative estimate of drug-likeness (QED) is 0.838. The maximum atomic E-state index is 5.77. The normalized spacial score (nSPS) is 10.3. The molecule has 106 valence electrons. The largest absolute Gasteiger partial charge is 0.490 e. The number of methoxy groups -OCH3 is 2. The first-order chi connectivity index (χ1) is 9.76. The van der Waals surface area contributed by atoms with E-state index in [0.29, 0.717) is 24.0 Å². The average Bonchev–Trinajstić information content (AvgIpc) is 2.47. The van der Waals surface area contributed by atoms with Gasteiger partial charge in [0.25, 0.3) is 0 Å². The smallest absolute Gasteiger partial charge is 0.204 e. The van der Waals surface area contributed by atoms with Gasteiger partial charge < -0.3 is 20.5 Å². The van der Waals surface area contributed by atoms with Crippen LogP contribution in [0.3, 0.4) is 0 Å². The molecule has 1 aromatic carbocycles. The van der Waals surface area contributed by atoms with Gasteiger partial charge in [0.05, 0.1) is 13.7 Å². The molecule has 2 aromatic rings.